The molecule has 1 saturated heterocycles. The Bertz CT molecular complexity index is 256. The van der Waals surface area contributed by atoms with Crippen LogP contribution >= 0.6 is 0 Å². The van der Waals surface area contributed by atoms with E-state index in [4.69, 9.17) is 15.3 Å². The fourth-order valence-corrected chi connectivity index (χ4v) is 1.39. The Kier molecular flexibility index (Phi) is 4.19. The summed E-state index contributed by atoms with van der Waals surface area (Å²) >= 11 is 0. The monoisotopic (exact) mass is 238 g/mol. The third kappa shape index (κ3) is 2.32. The first-order valence-corrected chi connectivity index (χ1v) is 4.61. The molecule has 1 heterocycles. The summed E-state index contributed by atoms with van der Waals surface area (Å²) in [5, 5.41) is 54.6. The van der Waals surface area contributed by atoms with Crippen molar-refractivity contribution in [3.05, 3.63) is 0 Å². The lowest BCUT2D eigenvalue weighted by Crippen LogP contribution is -2.50. The lowest BCUT2D eigenvalue weighted by Gasteiger charge is -2.26. The van der Waals surface area contributed by atoms with Crippen molar-refractivity contribution in [2.24, 2.45) is 0 Å². The Morgan fingerprint density at radius 1 is 1.25 bits per heavy atom. The number of carbonyl (C=O) groups excluding carboxylic acids is 1. The summed E-state index contributed by atoms with van der Waals surface area (Å²) in [7, 11) is 0. The summed E-state index contributed by atoms with van der Waals surface area (Å²) < 4.78 is 4.42. The van der Waals surface area contributed by atoms with E-state index in [2.05, 4.69) is 4.74 Å². The highest BCUT2D eigenvalue weighted by Gasteiger charge is 2.48. The van der Waals surface area contributed by atoms with Crippen LogP contribution in [-0.4, -0.2) is 79.8 Å². The van der Waals surface area contributed by atoms with Gasteiger partial charge in [-0.2, -0.15) is 0 Å². The molecule has 0 aromatic carbocycles. The van der Waals surface area contributed by atoms with Gasteiger partial charge in [0, 0.05) is 0 Å². The quantitative estimate of drug-likeness (QED) is 0.269. The van der Waals surface area contributed by atoms with Crippen molar-refractivity contribution in [2.45, 2.75) is 36.6 Å². The van der Waals surface area contributed by atoms with Crippen LogP contribution in [0.5, 0.6) is 0 Å². The number of aliphatic hydroxyl groups excluding tert-OH is 6. The number of cyclic esters (lactones) is 1. The van der Waals surface area contributed by atoms with Gasteiger partial charge in [-0.3, -0.25) is 0 Å². The van der Waals surface area contributed by atoms with Crippen LogP contribution in [0.1, 0.15) is 0 Å². The van der Waals surface area contributed by atoms with E-state index < -0.39 is 49.2 Å². The van der Waals surface area contributed by atoms with Crippen molar-refractivity contribution < 1.29 is 40.2 Å². The predicted octanol–water partition coefficient (Wildman–Crippen LogP) is -4.29. The maximum Gasteiger partial charge on any atom is 0.338 e. The number of hydrogen-bond acceptors (Lipinski definition) is 8. The van der Waals surface area contributed by atoms with Gasteiger partial charge in [0.2, 0.25) is 0 Å². The minimum absolute atomic E-state index is 0.808. The van der Waals surface area contributed by atoms with E-state index in [9.17, 15) is 20.1 Å². The predicted molar refractivity (Wildman–Crippen MR) is 47.0 cm³/mol. The second kappa shape index (κ2) is 5.04. The van der Waals surface area contributed by atoms with Gasteiger partial charge in [-0.15, -0.1) is 0 Å². The van der Waals surface area contributed by atoms with Gasteiger partial charge in [-0.25, -0.2) is 4.79 Å². The Balaban J connectivity index is 2.68. The van der Waals surface area contributed by atoms with Crippen molar-refractivity contribution >= 4 is 5.97 Å². The van der Waals surface area contributed by atoms with Gasteiger partial charge in [-0.1, -0.05) is 0 Å². The van der Waals surface area contributed by atoms with E-state index in [0.29, 0.717) is 0 Å². The van der Waals surface area contributed by atoms with E-state index in [0.717, 1.165) is 0 Å². The number of ether oxygens (including phenoxy) is 1. The maximum absolute atomic E-state index is 10.8. The van der Waals surface area contributed by atoms with Gasteiger partial charge < -0.3 is 35.4 Å². The molecule has 1 fully saturated rings. The number of carbonyl (C=O) groups is 1. The van der Waals surface area contributed by atoms with E-state index in [1.54, 1.807) is 0 Å². The Morgan fingerprint density at radius 3 is 2.19 bits per heavy atom. The van der Waals surface area contributed by atoms with Crippen molar-refractivity contribution in [1.29, 1.82) is 0 Å². The third-order valence-electron chi connectivity index (χ3n) is 2.42. The average molecular weight is 238 g/mol. The molecule has 1 aliphatic rings. The lowest BCUT2D eigenvalue weighted by atomic mass is 9.99. The molecule has 6 N–H and O–H groups in total. The minimum atomic E-state index is -1.81. The molecule has 8 nitrogen and oxygen atoms in total. The Labute approximate surface area is 90.3 Å². The third-order valence-corrected chi connectivity index (χ3v) is 2.42. The average Bonchev–Trinajstić information content (AvgIpc) is 2.54. The smallest absolute Gasteiger partial charge is 0.338 e. The number of esters is 1. The molecular formula is C8H14O8. The Hall–Kier alpha value is -0.770. The van der Waals surface area contributed by atoms with Gasteiger partial charge in [-0.05, 0) is 0 Å². The van der Waals surface area contributed by atoms with Crippen LogP contribution in [0.15, 0.2) is 0 Å². The van der Waals surface area contributed by atoms with Gasteiger partial charge >= 0.3 is 5.97 Å². The molecule has 0 spiro atoms. The van der Waals surface area contributed by atoms with Crippen LogP contribution in [0.3, 0.4) is 0 Å². The molecule has 94 valence electrons. The van der Waals surface area contributed by atoms with Crippen LogP contribution < -0.4 is 0 Å². The van der Waals surface area contributed by atoms with Crippen LogP contribution in [0.2, 0.25) is 0 Å². The molecule has 16 heavy (non-hydrogen) atoms. The second-order valence-electron chi connectivity index (χ2n) is 3.57. The van der Waals surface area contributed by atoms with E-state index >= 15 is 0 Å². The molecule has 0 aromatic heterocycles. The Morgan fingerprint density at radius 2 is 1.81 bits per heavy atom. The highest BCUT2D eigenvalue weighted by Crippen LogP contribution is 2.21. The van der Waals surface area contributed by atoms with E-state index in [-0.39, 0.29) is 0 Å². The molecule has 8 heteroatoms. The summed E-state index contributed by atoms with van der Waals surface area (Å²) in [4.78, 5) is 10.8. The van der Waals surface area contributed by atoms with Crippen molar-refractivity contribution in [2.75, 3.05) is 6.61 Å². The zero-order valence-corrected chi connectivity index (χ0v) is 8.17. The molecule has 6 atom stereocenters. The SMILES string of the molecule is O=C1O[C@H]([C@@H](O)[C@H](O)[C@H](O)CO)[C@@H](O)[C@H]1O. The highest BCUT2D eigenvalue weighted by atomic mass is 16.6. The van der Waals surface area contributed by atoms with E-state index in [1.807, 2.05) is 0 Å². The zero-order valence-electron chi connectivity index (χ0n) is 8.17. The molecule has 0 unspecified atom stereocenters. The maximum atomic E-state index is 10.8. The van der Waals surface area contributed by atoms with Crippen molar-refractivity contribution in [3.63, 3.8) is 0 Å². The van der Waals surface area contributed by atoms with Gasteiger partial charge in [0.25, 0.3) is 0 Å². The first-order valence-electron chi connectivity index (χ1n) is 4.61. The topological polar surface area (TPSA) is 148 Å². The summed E-state index contributed by atoms with van der Waals surface area (Å²) in [5.74, 6) is -1.12. The van der Waals surface area contributed by atoms with Crippen LogP contribution in [0.4, 0.5) is 0 Å². The first-order chi connectivity index (χ1) is 7.40. The van der Waals surface area contributed by atoms with Gasteiger partial charge in [0.15, 0.2) is 12.2 Å². The molecule has 0 aromatic rings. The summed E-state index contributed by atoms with van der Waals surface area (Å²) in [6, 6.07) is 0. The highest BCUT2D eigenvalue weighted by molar-refractivity contribution is 5.77. The largest absolute Gasteiger partial charge is 0.455 e. The van der Waals surface area contributed by atoms with Gasteiger partial charge in [0.1, 0.15) is 24.4 Å². The molecule has 1 aliphatic heterocycles. The molecule has 0 aliphatic carbocycles. The first kappa shape index (κ1) is 13.3. The normalized spacial score (nSPS) is 35.6. The van der Waals surface area contributed by atoms with Crippen molar-refractivity contribution in [1.82, 2.24) is 0 Å². The number of hydrogen-bond donors (Lipinski definition) is 6. The van der Waals surface area contributed by atoms with Gasteiger partial charge in [0.05, 0.1) is 6.61 Å². The standard InChI is InChI=1S/C8H14O8/c9-1-2(10)3(11)4(12)7-5(13)6(14)8(15)16-7/h2-7,9-14H,1H2/t2-,3-,4+,5+,6-,7-/m1/s1. The summed E-state index contributed by atoms with van der Waals surface area (Å²) in [6.07, 6.45) is -10.3. The molecule has 0 radical (unpaired) electrons. The second-order valence-corrected chi connectivity index (χ2v) is 3.57. The van der Waals surface area contributed by atoms with Crippen molar-refractivity contribution in [3.8, 4) is 0 Å². The number of rotatable bonds is 4. The molecular weight excluding hydrogens is 224 g/mol. The zero-order chi connectivity index (χ0) is 12.5. The minimum Gasteiger partial charge on any atom is -0.455 e. The number of aliphatic hydroxyl groups is 6. The fraction of sp³-hybridized carbons (Fsp3) is 0.875. The summed E-state index contributed by atoms with van der Waals surface area (Å²) in [5.41, 5.74) is 0. The van der Waals surface area contributed by atoms with Crippen LogP contribution in [0, 0.1) is 0 Å². The van der Waals surface area contributed by atoms with Crippen LogP contribution in [0.25, 0.3) is 0 Å². The van der Waals surface area contributed by atoms with Crippen LogP contribution in [-0.2, 0) is 9.53 Å². The molecule has 0 saturated carbocycles. The molecule has 0 amide bonds. The molecule has 1 rings (SSSR count). The molecule has 0 bridgehead atoms. The van der Waals surface area contributed by atoms with E-state index in [1.165, 1.54) is 0 Å². The summed E-state index contributed by atoms with van der Waals surface area (Å²) in [6.45, 7) is -0.808. The fourth-order valence-electron chi connectivity index (χ4n) is 1.39. The lowest BCUT2D eigenvalue weighted by molar-refractivity contribution is -0.159.